The molecule has 8 heteroatoms. The lowest BCUT2D eigenvalue weighted by molar-refractivity contribution is -0.122. The predicted molar refractivity (Wildman–Crippen MR) is 111 cm³/mol. The Labute approximate surface area is 166 Å². The molecule has 27 heavy (non-hydrogen) atoms. The number of hydrogen-bond acceptors (Lipinski definition) is 4. The monoisotopic (exact) mass is 410 g/mol. The Bertz CT molecular complexity index is 453. The molecule has 0 rings (SSSR count). The van der Waals surface area contributed by atoms with E-state index >= 15 is 0 Å². The summed E-state index contributed by atoms with van der Waals surface area (Å²) in [4.78, 5) is 12.0. The highest BCUT2D eigenvalue weighted by Crippen LogP contribution is 2.12. The first-order chi connectivity index (χ1) is 12.4. The maximum absolute atomic E-state index is 12.0. The average Bonchev–Trinajstić information content (AvgIpc) is 2.49. The van der Waals surface area contributed by atoms with Crippen LogP contribution in [0.1, 0.15) is 105 Å². The predicted octanol–water partition coefficient (Wildman–Crippen LogP) is 4.28. The fraction of sp³-hybridized carbons (Fsp3) is 0.947. The number of carbonyl (C=O) groups is 1. The molecule has 0 spiro atoms. The lowest BCUT2D eigenvalue weighted by Crippen LogP contribution is -2.43. The number of nitrogens with one attached hydrogen (secondary N) is 1. The number of carbonyl (C=O) groups excluding carboxylic acids is 1. The Kier molecular flexibility index (Phi) is 17.2. The van der Waals surface area contributed by atoms with Crippen molar-refractivity contribution in [2.45, 2.75) is 116 Å². The standard InChI is InChI=1S/C19H40N2O.H2O4S/c1-5-7-8-9-10-11-12-13-14-15-18(22)21-17(6-2)16-19(3,4)20;1-5(2,3)4/h17H,5-16,20H2,1-4H3,(H,21,22);(H2,1,2,3,4). The molecule has 1 unspecified atom stereocenters. The summed E-state index contributed by atoms with van der Waals surface area (Å²) in [5, 5.41) is 3.13. The minimum Gasteiger partial charge on any atom is -0.353 e. The summed E-state index contributed by atoms with van der Waals surface area (Å²) in [5.41, 5.74) is 5.82. The first-order valence-electron chi connectivity index (χ1n) is 10.2. The van der Waals surface area contributed by atoms with Gasteiger partial charge in [0.1, 0.15) is 0 Å². The normalized spacial score (nSPS) is 12.9. The lowest BCUT2D eigenvalue weighted by Gasteiger charge is -2.26. The van der Waals surface area contributed by atoms with E-state index in [9.17, 15) is 4.79 Å². The van der Waals surface area contributed by atoms with Crippen molar-refractivity contribution < 1.29 is 22.3 Å². The van der Waals surface area contributed by atoms with Crippen molar-refractivity contribution in [3.8, 4) is 0 Å². The summed E-state index contributed by atoms with van der Waals surface area (Å²) < 4.78 is 31.6. The van der Waals surface area contributed by atoms with E-state index in [1.165, 1.54) is 51.4 Å². The van der Waals surface area contributed by atoms with Crippen LogP contribution in [-0.2, 0) is 15.2 Å². The molecule has 0 saturated carbocycles. The molecule has 0 aromatic rings. The fourth-order valence-electron chi connectivity index (χ4n) is 2.83. The Morgan fingerprint density at radius 1 is 0.963 bits per heavy atom. The molecule has 0 bridgehead atoms. The molecule has 5 N–H and O–H groups in total. The Morgan fingerprint density at radius 2 is 1.37 bits per heavy atom. The second-order valence-corrected chi connectivity index (χ2v) is 8.79. The van der Waals surface area contributed by atoms with E-state index in [4.69, 9.17) is 23.3 Å². The second-order valence-electron chi connectivity index (χ2n) is 7.89. The number of hydrogen-bond donors (Lipinski definition) is 4. The molecule has 1 amide bonds. The van der Waals surface area contributed by atoms with Crippen molar-refractivity contribution in [1.29, 1.82) is 0 Å². The molecule has 0 aromatic carbocycles. The van der Waals surface area contributed by atoms with Crippen LogP contribution in [-0.4, -0.2) is 35.0 Å². The molecule has 7 nitrogen and oxygen atoms in total. The zero-order chi connectivity index (χ0) is 21.3. The summed E-state index contributed by atoms with van der Waals surface area (Å²) in [6.45, 7) is 8.39. The van der Waals surface area contributed by atoms with Gasteiger partial charge in [-0.3, -0.25) is 13.9 Å². The maximum Gasteiger partial charge on any atom is 0.394 e. The van der Waals surface area contributed by atoms with E-state index in [-0.39, 0.29) is 17.5 Å². The van der Waals surface area contributed by atoms with E-state index in [2.05, 4.69) is 19.2 Å². The third kappa shape index (κ3) is 30.3. The molecule has 0 aliphatic carbocycles. The van der Waals surface area contributed by atoms with Crippen LogP contribution >= 0.6 is 0 Å². The van der Waals surface area contributed by atoms with Gasteiger partial charge in [0.15, 0.2) is 0 Å². The lowest BCUT2D eigenvalue weighted by atomic mass is 9.95. The van der Waals surface area contributed by atoms with Crippen LogP contribution < -0.4 is 11.1 Å². The van der Waals surface area contributed by atoms with E-state index < -0.39 is 10.4 Å². The maximum atomic E-state index is 12.0. The van der Waals surface area contributed by atoms with Gasteiger partial charge in [-0.2, -0.15) is 8.42 Å². The molecule has 0 heterocycles. The summed E-state index contributed by atoms with van der Waals surface area (Å²) in [6, 6.07) is 0.214. The van der Waals surface area contributed by atoms with Gasteiger partial charge in [-0.25, -0.2) is 0 Å². The summed E-state index contributed by atoms with van der Waals surface area (Å²) in [7, 11) is -4.67. The van der Waals surface area contributed by atoms with Crippen molar-refractivity contribution in [2.75, 3.05) is 0 Å². The number of rotatable bonds is 14. The molecule has 0 aliphatic rings. The number of unbranched alkanes of at least 4 members (excludes halogenated alkanes) is 8. The van der Waals surface area contributed by atoms with Gasteiger partial charge >= 0.3 is 10.4 Å². The zero-order valence-electron chi connectivity index (χ0n) is 17.7. The molecular weight excluding hydrogens is 368 g/mol. The van der Waals surface area contributed by atoms with Crippen molar-refractivity contribution >= 4 is 16.3 Å². The van der Waals surface area contributed by atoms with Crippen LogP contribution in [0.3, 0.4) is 0 Å². The van der Waals surface area contributed by atoms with Gasteiger partial charge in [0.25, 0.3) is 0 Å². The largest absolute Gasteiger partial charge is 0.394 e. The van der Waals surface area contributed by atoms with Gasteiger partial charge in [-0.1, -0.05) is 65.2 Å². The van der Waals surface area contributed by atoms with Gasteiger partial charge in [-0.15, -0.1) is 0 Å². The Balaban J connectivity index is 0. The highest BCUT2D eigenvalue weighted by molar-refractivity contribution is 7.79. The molecule has 0 radical (unpaired) electrons. The quantitative estimate of drug-likeness (QED) is 0.250. The number of nitrogens with two attached hydrogens (primary N) is 1. The van der Waals surface area contributed by atoms with Gasteiger partial charge in [0.05, 0.1) is 0 Å². The molecule has 1 atom stereocenters. The summed E-state index contributed by atoms with van der Waals surface area (Å²) >= 11 is 0. The Morgan fingerprint density at radius 3 is 1.74 bits per heavy atom. The van der Waals surface area contributed by atoms with Crippen molar-refractivity contribution in [2.24, 2.45) is 5.73 Å². The minimum atomic E-state index is -4.67. The fourth-order valence-corrected chi connectivity index (χ4v) is 2.83. The topological polar surface area (TPSA) is 130 Å². The van der Waals surface area contributed by atoms with E-state index in [0.29, 0.717) is 6.42 Å². The molecule has 0 fully saturated rings. The van der Waals surface area contributed by atoms with Gasteiger partial charge in [0.2, 0.25) is 5.91 Å². The second kappa shape index (κ2) is 16.3. The Hall–Kier alpha value is -0.700. The first-order valence-corrected chi connectivity index (χ1v) is 11.6. The van der Waals surface area contributed by atoms with Crippen LogP contribution in [0.25, 0.3) is 0 Å². The molecular formula is C19H42N2O5S. The summed E-state index contributed by atoms with van der Waals surface area (Å²) in [6.07, 6.45) is 14.0. The van der Waals surface area contributed by atoms with Crippen LogP contribution in [0.2, 0.25) is 0 Å². The van der Waals surface area contributed by atoms with Crippen molar-refractivity contribution in [3.05, 3.63) is 0 Å². The van der Waals surface area contributed by atoms with Crippen LogP contribution in [0.15, 0.2) is 0 Å². The molecule has 164 valence electrons. The van der Waals surface area contributed by atoms with Crippen molar-refractivity contribution in [3.63, 3.8) is 0 Å². The van der Waals surface area contributed by atoms with E-state index in [0.717, 1.165) is 19.3 Å². The van der Waals surface area contributed by atoms with Gasteiger partial charge in [-0.05, 0) is 33.1 Å². The summed E-state index contributed by atoms with van der Waals surface area (Å²) in [5.74, 6) is 0.194. The average molecular weight is 411 g/mol. The highest BCUT2D eigenvalue weighted by atomic mass is 32.3. The van der Waals surface area contributed by atoms with Gasteiger partial charge < -0.3 is 11.1 Å². The third-order valence-corrected chi connectivity index (χ3v) is 4.14. The molecule has 0 aliphatic heterocycles. The van der Waals surface area contributed by atoms with E-state index in [1.807, 2.05) is 13.8 Å². The van der Waals surface area contributed by atoms with E-state index in [1.54, 1.807) is 0 Å². The molecule has 0 saturated heterocycles. The minimum absolute atomic E-state index is 0.194. The van der Waals surface area contributed by atoms with Crippen LogP contribution in [0.4, 0.5) is 0 Å². The smallest absolute Gasteiger partial charge is 0.353 e. The van der Waals surface area contributed by atoms with Gasteiger partial charge in [0, 0.05) is 18.0 Å². The third-order valence-electron chi connectivity index (χ3n) is 4.14. The zero-order valence-corrected chi connectivity index (χ0v) is 18.5. The SMILES string of the molecule is CCCCCCCCCCCC(=O)NC(CC)CC(C)(C)N.O=S(=O)(O)O. The molecule has 0 aromatic heterocycles. The highest BCUT2D eigenvalue weighted by Gasteiger charge is 2.19. The first kappa shape index (κ1) is 28.5. The number of amides is 1. The van der Waals surface area contributed by atoms with Crippen LogP contribution in [0.5, 0.6) is 0 Å². The van der Waals surface area contributed by atoms with Crippen molar-refractivity contribution in [1.82, 2.24) is 5.32 Å². The van der Waals surface area contributed by atoms with Crippen LogP contribution in [0, 0.1) is 0 Å².